The smallest absolute Gasteiger partial charge is 0.158 e. The van der Waals surface area contributed by atoms with Crippen molar-refractivity contribution in [1.29, 1.82) is 0 Å². The van der Waals surface area contributed by atoms with Crippen molar-refractivity contribution < 1.29 is 5.11 Å². The van der Waals surface area contributed by atoms with Gasteiger partial charge in [0.25, 0.3) is 0 Å². The maximum absolute atomic E-state index is 9.94. The summed E-state index contributed by atoms with van der Waals surface area (Å²) in [4.78, 5) is 6.99. The molecule has 5 nitrogen and oxygen atoms in total. The summed E-state index contributed by atoms with van der Waals surface area (Å²) >= 11 is 0. The molecule has 1 aliphatic heterocycles. The maximum Gasteiger partial charge on any atom is 0.158 e. The number of aryl methyl sites for hydroxylation is 1. The molecule has 0 saturated carbocycles. The van der Waals surface area contributed by atoms with Crippen LogP contribution < -0.4 is 4.90 Å². The highest BCUT2D eigenvalue weighted by molar-refractivity contribution is 5.91. The summed E-state index contributed by atoms with van der Waals surface area (Å²) in [5, 5.41) is 15.6. The minimum Gasteiger partial charge on any atom is -0.391 e. The molecule has 0 bridgehead atoms. The Morgan fingerprint density at radius 2 is 2.14 bits per heavy atom. The molecular formula is C16H18N4O. The Bertz CT molecular complexity index is 810. The highest BCUT2D eigenvalue weighted by Crippen LogP contribution is 2.28. The molecule has 3 heterocycles. The summed E-state index contributed by atoms with van der Waals surface area (Å²) in [6, 6.07) is 10.2. The number of hydrogen-bond acceptors (Lipinski definition) is 4. The van der Waals surface area contributed by atoms with E-state index >= 15 is 0 Å². The zero-order valence-electron chi connectivity index (χ0n) is 12.0. The van der Waals surface area contributed by atoms with Crippen LogP contribution in [-0.2, 0) is 0 Å². The zero-order chi connectivity index (χ0) is 14.4. The number of aromatic nitrogens is 3. The largest absolute Gasteiger partial charge is 0.391 e. The third-order valence-corrected chi connectivity index (χ3v) is 4.10. The minimum atomic E-state index is -0.262. The van der Waals surface area contributed by atoms with Crippen LogP contribution in [0, 0.1) is 6.92 Å². The van der Waals surface area contributed by atoms with Crippen LogP contribution >= 0.6 is 0 Å². The van der Waals surface area contributed by atoms with Gasteiger partial charge >= 0.3 is 0 Å². The Labute approximate surface area is 122 Å². The first-order valence-electron chi connectivity index (χ1n) is 7.40. The molecule has 0 aliphatic carbocycles. The number of nitrogens with zero attached hydrogens (tertiary/aromatic N) is 4. The van der Waals surface area contributed by atoms with Gasteiger partial charge in [0.15, 0.2) is 5.65 Å². The van der Waals surface area contributed by atoms with E-state index in [9.17, 15) is 5.11 Å². The number of β-amino-alcohol motifs (C(OH)–C–C–N with tert-alkyl or cyclic N) is 1. The Hall–Kier alpha value is -2.14. The zero-order valence-corrected chi connectivity index (χ0v) is 12.0. The van der Waals surface area contributed by atoms with Crippen LogP contribution in [0.15, 0.2) is 30.3 Å². The third kappa shape index (κ3) is 2.05. The summed E-state index contributed by atoms with van der Waals surface area (Å²) < 4.78 is 1.90. The van der Waals surface area contributed by atoms with Gasteiger partial charge in [0.2, 0.25) is 0 Å². The van der Waals surface area contributed by atoms with Gasteiger partial charge in [-0.3, -0.25) is 0 Å². The van der Waals surface area contributed by atoms with Crippen molar-refractivity contribution >= 4 is 22.4 Å². The summed E-state index contributed by atoms with van der Waals surface area (Å²) in [5.41, 5.74) is 2.88. The predicted octanol–water partition coefficient (Wildman–Crippen LogP) is 2.15. The van der Waals surface area contributed by atoms with Crippen molar-refractivity contribution in [2.45, 2.75) is 25.9 Å². The van der Waals surface area contributed by atoms with E-state index in [0.29, 0.717) is 6.54 Å². The Kier molecular flexibility index (Phi) is 2.82. The lowest BCUT2D eigenvalue weighted by Gasteiger charge is -2.31. The molecule has 3 aromatic rings. The highest BCUT2D eigenvalue weighted by Gasteiger charge is 2.21. The van der Waals surface area contributed by atoms with E-state index < -0.39 is 0 Å². The van der Waals surface area contributed by atoms with Crippen LogP contribution in [0.1, 0.15) is 18.5 Å². The van der Waals surface area contributed by atoms with E-state index in [-0.39, 0.29) is 6.10 Å². The van der Waals surface area contributed by atoms with E-state index in [1.54, 1.807) is 0 Å². The summed E-state index contributed by atoms with van der Waals surface area (Å²) in [7, 11) is 0. The van der Waals surface area contributed by atoms with Gasteiger partial charge < -0.3 is 10.0 Å². The molecule has 1 unspecified atom stereocenters. The van der Waals surface area contributed by atoms with E-state index in [1.807, 2.05) is 29.6 Å². The average Bonchev–Trinajstić information content (AvgIpc) is 2.87. The molecule has 5 heteroatoms. The van der Waals surface area contributed by atoms with Crippen molar-refractivity contribution in [1.82, 2.24) is 14.6 Å². The van der Waals surface area contributed by atoms with Gasteiger partial charge in [-0.15, -0.1) is 0 Å². The topological polar surface area (TPSA) is 53.7 Å². The maximum atomic E-state index is 9.94. The van der Waals surface area contributed by atoms with Gasteiger partial charge in [-0.25, -0.2) is 9.50 Å². The molecular weight excluding hydrogens is 264 g/mol. The first-order chi connectivity index (χ1) is 10.2. The predicted molar refractivity (Wildman–Crippen MR) is 82.7 cm³/mol. The number of benzene rings is 1. The molecule has 1 aliphatic rings. The fourth-order valence-electron chi connectivity index (χ4n) is 3.15. The Balaban J connectivity index is 1.97. The second-order valence-corrected chi connectivity index (χ2v) is 5.75. The number of hydrogen-bond donors (Lipinski definition) is 1. The van der Waals surface area contributed by atoms with Gasteiger partial charge in [-0.2, -0.15) is 5.10 Å². The summed E-state index contributed by atoms with van der Waals surface area (Å²) in [5.74, 6) is 0.955. The Morgan fingerprint density at radius 1 is 1.29 bits per heavy atom. The molecule has 4 rings (SSSR count). The van der Waals surface area contributed by atoms with Crippen molar-refractivity contribution in [2.75, 3.05) is 18.0 Å². The van der Waals surface area contributed by atoms with Gasteiger partial charge in [0.1, 0.15) is 5.82 Å². The van der Waals surface area contributed by atoms with Gasteiger partial charge in [-0.05, 0) is 31.9 Å². The van der Waals surface area contributed by atoms with E-state index in [4.69, 9.17) is 4.98 Å². The molecule has 2 aromatic heterocycles. The number of aliphatic hydroxyl groups excluding tert-OH is 1. The second-order valence-electron chi connectivity index (χ2n) is 5.75. The number of anilines is 1. The van der Waals surface area contributed by atoms with E-state index in [2.05, 4.69) is 22.1 Å². The lowest BCUT2D eigenvalue weighted by molar-refractivity contribution is 0.154. The van der Waals surface area contributed by atoms with Gasteiger partial charge in [0, 0.05) is 24.5 Å². The van der Waals surface area contributed by atoms with Crippen LogP contribution in [0.25, 0.3) is 16.6 Å². The van der Waals surface area contributed by atoms with Crippen molar-refractivity contribution in [3.05, 3.63) is 36.0 Å². The minimum absolute atomic E-state index is 0.262. The number of rotatable bonds is 1. The van der Waals surface area contributed by atoms with E-state index in [1.165, 1.54) is 0 Å². The van der Waals surface area contributed by atoms with Crippen LogP contribution in [-0.4, -0.2) is 38.9 Å². The lowest BCUT2D eigenvalue weighted by Crippen LogP contribution is -2.38. The fraction of sp³-hybridized carbons (Fsp3) is 0.375. The van der Waals surface area contributed by atoms with Crippen molar-refractivity contribution in [2.24, 2.45) is 0 Å². The van der Waals surface area contributed by atoms with Crippen LogP contribution in [0.3, 0.4) is 0 Å². The Morgan fingerprint density at radius 3 is 3.00 bits per heavy atom. The molecule has 108 valence electrons. The molecule has 0 spiro atoms. The molecule has 1 atom stereocenters. The molecule has 1 N–H and O–H groups in total. The second kappa shape index (κ2) is 4.70. The fourth-order valence-corrected chi connectivity index (χ4v) is 3.15. The monoisotopic (exact) mass is 282 g/mol. The van der Waals surface area contributed by atoms with E-state index in [0.717, 1.165) is 47.4 Å². The van der Waals surface area contributed by atoms with Crippen molar-refractivity contribution in [3.63, 3.8) is 0 Å². The molecule has 21 heavy (non-hydrogen) atoms. The third-order valence-electron chi connectivity index (χ3n) is 4.10. The normalized spacial score (nSPS) is 19.5. The first-order valence-corrected chi connectivity index (χ1v) is 7.40. The molecule has 1 saturated heterocycles. The SMILES string of the molecule is Cc1cc2nc(N3CCCC(O)C3)c3ccccc3n2n1. The average molecular weight is 282 g/mol. The van der Waals surface area contributed by atoms with Crippen LogP contribution in [0.5, 0.6) is 0 Å². The van der Waals surface area contributed by atoms with Gasteiger partial charge in [0.05, 0.1) is 17.3 Å². The van der Waals surface area contributed by atoms with Crippen molar-refractivity contribution in [3.8, 4) is 0 Å². The number of piperidine rings is 1. The molecule has 1 fully saturated rings. The first kappa shape index (κ1) is 12.6. The summed E-state index contributed by atoms with van der Waals surface area (Å²) in [6.45, 7) is 3.57. The molecule has 0 radical (unpaired) electrons. The quantitative estimate of drug-likeness (QED) is 0.743. The number of fused-ring (bicyclic) bond motifs is 3. The van der Waals surface area contributed by atoms with Crippen LogP contribution in [0.4, 0.5) is 5.82 Å². The lowest BCUT2D eigenvalue weighted by atomic mass is 10.1. The van der Waals surface area contributed by atoms with Crippen LogP contribution in [0.2, 0.25) is 0 Å². The molecule has 0 amide bonds. The summed E-state index contributed by atoms with van der Waals surface area (Å²) in [6.07, 6.45) is 1.62. The highest BCUT2D eigenvalue weighted by atomic mass is 16.3. The number of para-hydroxylation sites is 1. The van der Waals surface area contributed by atoms with Gasteiger partial charge in [-0.1, -0.05) is 12.1 Å². The number of aliphatic hydroxyl groups is 1. The standard InChI is InChI=1S/C16H18N4O/c1-11-9-15-17-16(19-8-4-5-12(21)10-19)13-6-2-3-7-14(13)20(15)18-11/h2-3,6-7,9,12,21H,4-5,8,10H2,1H3. The molecule has 1 aromatic carbocycles.